The van der Waals surface area contributed by atoms with Crippen LogP contribution in [0.1, 0.15) is 32.6 Å². The molecule has 9 nitrogen and oxygen atoms in total. The van der Waals surface area contributed by atoms with Gasteiger partial charge < -0.3 is 4.90 Å². The number of rotatable bonds is 8. The first kappa shape index (κ1) is 22.1. The van der Waals surface area contributed by atoms with Gasteiger partial charge in [-0.05, 0) is 12.5 Å². The van der Waals surface area contributed by atoms with Crippen molar-refractivity contribution in [1.29, 1.82) is 0 Å². The summed E-state index contributed by atoms with van der Waals surface area (Å²) < 4.78 is 26.8. The largest absolute Gasteiger partial charge is 0.338 e. The highest BCUT2D eigenvalue weighted by Gasteiger charge is 2.32. The first-order valence-electron chi connectivity index (χ1n) is 9.40. The van der Waals surface area contributed by atoms with Gasteiger partial charge in [0, 0.05) is 45.0 Å². The number of nitrogens with zero attached hydrogens (tertiary/aromatic N) is 4. The van der Waals surface area contributed by atoms with Gasteiger partial charge in [0.1, 0.15) is 5.92 Å². The first-order chi connectivity index (χ1) is 13.5. The van der Waals surface area contributed by atoms with E-state index in [0.717, 1.165) is 19.3 Å². The Labute approximate surface area is 166 Å². The number of unbranched alkanes of at least 4 members (excludes halogenated alkanes) is 3. The molecule has 28 heavy (non-hydrogen) atoms. The fourth-order valence-electron chi connectivity index (χ4n) is 2.86. The zero-order chi connectivity index (χ0) is 20.4. The summed E-state index contributed by atoms with van der Waals surface area (Å²) in [6.07, 6.45) is 6.85. The lowest BCUT2D eigenvalue weighted by atomic mass is 10.1. The number of hydroxylamine groups is 1. The summed E-state index contributed by atoms with van der Waals surface area (Å²) in [4.78, 5) is 22.1. The number of amides is 1. The van der Waals surface area contributed by atoms with Crippen LogP contribution >= 0.6 is 0 Å². The molecule has 1 aromatic rings. The van der Waals surface area contributed by atoms with E-state index in [4.69, 9.17) is 5.21 Å². The molecule has 10 heteroatoms. The number of hydrogen-bond acceptors (Lipinski definition) is 7. The molecule has 2 rings (SSSR count). The average Bonchev–Trinajstić information content (AvgIpc) is 2.73. The Bertz CT molecular complexity index is 783. The van der Waals surface area contributed by atoms with Crippen LogP contribution < -0.4 is 10.4 Å². The van der Waals surface area contributed by atoms with Crippen molar-refractivity contribution >= 4 is 21.9 Å². The molecular weight excluding hydrogens is 382 g/mol. The third kappa shape index (κ3) is 6.44. The monoisotopic (exact) mass is 409 g/mol. The highest BCUT2D eigenvalue weighted by Crippen LogP contribution is 2.15. The molecule has 2 N–H and O–H groups in total. The van der Waals surface area contributed by atoms with Crippen LogP contribution in [0.2, 0.25) is 0 Å². The van der Waals surface area contributed by atoms with Gasteiger partial charge in [-0.1, -0.05) is 25.7 Å². The first-order valence-corrected chi connectivity index (χ1v) is 11.0. The predicted molar refractivity (Wildman–Crippen MR) is 105 cm³/mol. The molecule has 0 aliphatic carbocycles. The molecule has 0 saturated carbocycles. The summed E-state index contributed by atoms with van der Waals surface area (Å²) in [6.45, 7) is 3.55. The minimum atomic E-state index is -3.70. The Morgan fingerprint density at radius 1 is 1.25 bits per heavy atom. The molecular formula is C18H27N5O4S. The lowest BCUT2D eigenvalue weighted by Gasteiger charge is -2.34. The van der Waals surface area contributed by atoms with E-state index < -0.39 is 27.6 Å². The molecule has 1 fully saturated rings. The highest BCUT2D eigenvalue weighted by atomic mass is 32.2. The van der Waals surface area contributed by atoms with Crippen LogP contribution in [-0.4, -0.2) is 65.7 Å². The minimum Gasteiger partial charge on any atom is -0.338 e. The number of carbonyl (C=O) groups is 1. The summed E-state index contributed by atoms with van der Waals surface area (Å²) in [5.41, 5.74) is 1.52. The summed E-state index contributed by atoms with van der Waals surface area (Å²) in [6, 6.07) is 1.72. The number of anilines is 1. The smallest absolute Gasteiger partial charge is 0.259 e. The normalized spacial score (nSPS) is 16.1. The van der Waals surface area contributed by atoms with E-state index >= 15 is 0 Å². The number of nitrogens with one attached hydrogen (secondary N) is 1. The minimum absolute atomic E-state index is 0.276. The van der Waals surface area contributed by atoms with E-state index in [2.05, 4.69) is 28.7 Å². The molecule has 0 aromatic carbocycles. The molecule has 1 unspecified atom stereocenters. The van der Waals surface area contributed by atoms with Crippen LogP contribution in [0.3, 0.4) is 0 Å². The standard InChI is InChI=1S/C18H27N5O4S/c1-2-3-4-5-6-8-16(17(24)21-25)15-28(26,27)23-13-11-22(12-14-23)18-19-9-7-10-20-18/h7,9-10,16,25H,2-5,11-15H2,1H3,(H,21,24). The fourth-order valence-corrected chi connectivity index (χ4v) is 4.44. The van der Waals surface area contributed by atoms with Crippen molar-refractivity contribution < 1.29 is 18.4 Å². The van der Waals surface area contributed by atoms with Gasteiger partial charge in [0.25, 0.3) is 5.91 Å². The Morgan fingerprint density at radius 3 is 2.54 bits per heavy atom. The third-order valence-electron chi connectivity index (χ3n) is 4.45. The van der Waals surface area contributed by atoms with Gasteiger partial charge in [-0.15, -0.1) is 5.92 Å². The van der Waals surface area contributed by atoms with Crippen molar-refractivity contribution in [1.82, 2.24) is 19.8 Å². The number of piperazine rings is 1. The van der Waals surface area contributed by atoms with E-state index in [1.807, 2.05) is 4.90 Å². The second-order valence-electron chi connectivity index (χ2n) is 6.52. The van der Waals surface area contributed by atoms with E-state index in [-0.39, 0.29) is 13.1 Å². The van der Waals surface area contributed by atoms with Gasteiger partial charge in [-0.3, -0.25) is 10.0 Å². The van der Waals surface area contributed by atoms with E-state index in [9.17, 15) is 13.2 Å². The van der Waals surface area contributed by atoms with Crippen molar-refractivity contribution in [3.63, 3.8) is 0 Å². The molecule has 0 spiro atoms. The lowest BCUT2D eigenvalue weighted by Crippen LogP contribution is -2.50. The molecule has 1 saturated heterocycles. The van der Waals surface area contributed by atoms with E-state index in [0.29, 0.717) is 25.5 Å². The average molecular weight is 410 g/mol. The Hall–Kier alpha value is -2.22. The number of aromatic nitrogens is 2. The van der Waals surface area contributed by atoms with Crippen LogP contribution in [0.4, 0.5) is 5.95 Å². The molecule has 2 heterocycles. The summed E-state index contributed by atoms with van der Waals surface area (Å²) in [5.74, 6) is 3.76. The number of sulfonamides is 1. The van der Waals surface area contributed by atoms with Crippen molar-refractivity contribution in [3.8, 4) is 11.8 Å². The molecule has 0 bridgehead atoms. The maximum absolute atomic E-state index is 12.7. The maximum Gasteiger partial charge on any atom is 0.259 e. The summed E-state index contributed by atoms with van der Waals surface area (Å²) in [7, 11) is -3.70. The Kier molecular flexibility index (Phi) is 8.63. The quantitative estimate of drug-likeness (QED) is 0.280. The Balaban J connectivity index is 1.97. The Morgan fingerprint density at radius 2 is 1.93 bits per heavy atom. The maximum atomic E-state index is 12.7. The van der Waals surface area contributed by atoms with E-state index in [1.165, 1.54) is 9.79 Å². The molecule has 1 aliphatic heterocycles. The molecule has 1 atom stereocenters. The van der Waals surface area contributed by atoms with Crippen LogP contribution in [0, 0.1) is 17.8 Å². The van der Waals surface area contributed by atoms with Gasteiger partial charge in [-0.2, -0.15) is 4.31 Å². The number of hydrogen-bond donors (Lipinski definition) is 2. The van der Waals surface area contributed by atoms with Crippen LogP contribution in [0.15, 0.2) is 18.5 Å². The molecule has 1 amide bonds. The van der Waals surface area contributed by atoms with E-state index in [1.54, 1.807) is 18.5 Å². The summed E-state index contributed by atoms with van der Waals surface area (Å²) in [5, 5.41) is 8.92. The van der Waals surface area contributed by atoms with Crippen molar-refractivity contribution in [3.05, 3.63) is 18.5 Å². The van der Waals surface area contributed by atoms with Crippen molar-refractivity contribution in [2.45, 2.75) is 32.6 Å². The van der Waals surface area contributed by atoms with Gasteiger partial charge in [0.2, 0.25) is 16.0 Å². The van der Waals surface area contributed by atoms with Crippen LogP contribution in [0.25, 0.3) is 0 Å². The zero-order valence-corrected chi connectivity index (χ0v) is 16.9. The number of carbonyl (C=O) groups excluding carboxylic acids is 1. The summed E-state index contributed by atoms with van der Waals surface area (Å²) >= 11 is 0. The van der Waals surface area contributed by atoms with Gasteiger partial charge >= 0.3 is 0 Å². The predicted octanol–water partition coefficient (Wildman–Crippen LogP) is 0.634. The SMILES string of the molecule is CCCCCC#CC(CS(=O)(=O)N1CCN(c2ncccn2)CC1)C(=O)NO. The van der Waals surface area contributed by atoms with Gasteiger partial charge in [0.15, 0.2) is 0 Å². The molecule has 154 valence electrons. The second kappa shape index (κ2) is 10.9. The van der Waals surface area contributed by atoms with Crippen molar-refractivity contribution in [2.75, 3.05) is 36.8 Å². The fraction of sp³-hybridized carbons (Fsp3) is 0.611. The van der Waals surface area contributed by atoms with Crippen molar-refractivity contribution in [2.24, 2.45) is 5.92 Å². The molecule has 1 aromatic heterocycles. The van der Waals surface area contributed by atoms with Crippen LogP contribution in [0.5, 0.6) is 0 Å². The third-order valence-corrected chi connectivity index (χ3v) is 6.36. The van der Waals surface area contributed by atoms with Crippen LogP contribution in [-0.2, 0) is 14.8 Å². The molecule has 1 aliphatic rings. The second-order valence-corrected chi connectivity index (χ2v) is 8.53. The lowest BCUT2D eigenvalue weighted by molar-refractivity contribution is -0.131. The van der Waals surface area contributed by atoms with Gasteiger partial charge in [0.05, 0.1) is 5.75 Å². The molecule has 0 radical (unpaired) electrons. The highest BCUT2D eigenvalue weighted by molar-refractivity contribution is 7.89. The zero-order valence-electron chi connectivity index (χ0n) is 16.0. The topological polar surface area (TPSA) is 116 Å². The van der Waals surface area contributed by atoms with Gasteiger partial charge in [-0.25, -0.2) is 23.9 Å².